The first-order valence-corrected chi connectivity index (χ1v) is 6.35. The highest BCUT2D eigenvalue weighted by Gasteiger charge is 2.27. The lowest BCUT2D eigenvalue weighted by Gasteiger charge is -2.31. The van der Waals surface area contributed by atoms with Crippen molar-refractivity contribution in [3.8, 4) is 0 Å². The maximum absolute atomic E-state index is 12.0. The molecule has 0 aromatic rings. The molecule has 2 amide bonds. The molecule has 0 aromatic heterocycles. The van der Waals surface area contributed by atoms with E-state index in [4.69, 9.17) is 10.2 Å². The molecule has 0 spiro atoms. The minimum absolute atomic E-state index is 0.116. The topological polar surface area (TPSA) is 110 Å². The number of carboxylic acid groups (broad SMARTS) is 2. The SMILES string of the molecule is CCN(C(=O)N[C@@H](CC(=O)O)C(=O)O)C(C)CN(C)C. The molecule has 0 aliphatic rings. The quantitative estimate of drug-likeness (QED) is 0.575. The fourth-order valence-electron chi connectivity index (χ4n) is 1.89. The third kappa shape index (κ3) is 6.37. The van der Waals surface area contributed by atoms with Crippen LogP contribution in [-0.2, 0) is 9.59 Å². The van der Waals surface area contributed by atoms with Crippen molar-refractivity contribution in [2.45, 2.75) is 32.4 Å². The van der Waals surface area contributed by atoms with E-state index in [0.29, 0.717) is 13.1 Å². The van der Waals surface area contributed by atoms with Gasteiger partial charge in [-0.2, -0.15) is 0 Å². The minimum Gasteiger partial charge on any atom is -0.481 e. The van der Waals surface area contributed by atoms with Gasteiger partial charge in [0.15, 0.2) is 0 Å². The van der Waals surface area contributed by atoms with Crippen molar-refractivity contribution in [2.24, 2.45) is 0 Å². The molecule has 0 aliphatic carbocycles. The largest absolute Gasteiger partial charge is 0.481 e. The highest BCUT2D eigenvalue weighted by Crippen LogP contribution is 2.03. The smallest absolute Gasteiger partial charge is 0.326 e. The van der Waals surface area contributed by atoms with E-state index in [1.54, 1.807) is 6.92 Å². The molecule has 8 heteroatoms. The van der Waals surface area contributed by atoms with Crippen LogP contribution in [0.3, 0.4) is 0 Å². The molecule has 116 valence electrons. The van der Waals surface area contributed by atoms with E-state index < -0.39 is 30.4 Å². The summed E-state index contributed by atoms with van der Waals surface area (Å²) in [6, 6.07) is -2.12. The number of rotatable bonds is 8. The van der Waals surface area contributed by atoms with Gasteiger partial charge in [-0.1, -0.05) is 0 Å². The summed E-state index contributed by atoms with van der Waals surface area (Å²) in [5.74, 6) is -2.64. The van der Waals surface area contributed by atoms with Crippen LogP contribution < -0.4 is 5.32 Å². The van der Waals surface area contributed by atoms with Crippen LogP contribution in [0, 0.1) is 0 Å². The Bertz CT molecular complexity index is 359. The van der Waals surface area contributed by atoms with Gasteiger partial charge in [-0.05, 0) is 27.9 Å². The second kappa shape index (κ2) is 8.36. The molecule has 0 bridgehead atoms. The normalized spacial score (nSPS) is 13.7. The molecule has 0 heterocycles. The van der Waals surface area contributed by atoms with Crippen molar-refractivity contribution in [3.05, 3.63) is 0 Å². The highest BCUT2D eigenvalue weighted by molar-refractivity contribution is 5.86. The molecular formula is C12H23N3O5. The van der Waals surface area contributed by atoms with Crippen LogP contribution in [0.5, 0.6) is 0 Å². The molecule has 1 unspecified atom stereocenters. The third-order valence-corrected chi connectivity index (χ3v) is 2.74. The minimum atomic E-state index is -1.43. The Labute approximate surface area is 118 Å². The van der Waals surface area contributed by atoms with Crippen LogP contribution in [-0.4, -0.2) is 77.3 Å². The molecule has 2 atom stereocenters. The number of nitrogens with zero attached hydrogens (tertiary/aromatic N) is 2. The second-order valence-corrected chi connectivity index (χ2v) is 4.84. The van der Waals surface area contributed by atoms with E-state index >= 15 is 0 Å². The molecule has 3 N–H and O–H groups in total. The van der Waals surface area contributed by atoms with Crippen molar-refractivity contribution in [1.82, 2.24) is 15.1 Å². The first kappa shape index (κ1) is 18.2. The lowest BCUT2D eigenvalue weighted by molar-refractivity contribution is -0.145. The lowest BCUT2D eigenvalue weighted by atomic mass is 10.2. The standard InChI is InChI=1S/C12H23N3O5/c1-5-15(8(2)7-14(3)4)12(20)13-9(11(18)19)6-10(16)17/h8-9H,5-7H2,1-4H3,(H,13,20)(H,16,17)(H,18,19)/t8?,9-/m0/s1. The van der Waals surface area contributed by atoms with Crippen LogP contribution in [0.15, 0.2) is 0 Å². The summed E-state index contributed by atoms with van der Waals surface area (Å²) in [6.45, 7) is 4.65. The van der Waals surface area contributed by atoms with Gasteiger partial charge in [0.05, 0.1) is 6.42 Å². The maximum atomic E-state index is 12.0. The van der Waals surface area contributed by atoms with Crippen molar-refractivity contribution in [2.75, 3.05) is 27.2 Å². The van der Waals surface area contributed by atoms with Gasteiger partial charge in [-0.3, -0.25) is 4.79 Å². The number of hydrogen-bond donors (Lipinski definition) is 3. The number of nitrogens with one attached hydrogen (secondary N) is 1. The zero-order valence-electron chi connectivity index (χ0n) is 12.3. The molecule has 0 fully saturated rings. The highest BCUT2D eigenvalue weighted by atomic mass is 16.4. The van der Waals surface area contributed by atoms with E-state index in [2.05, 4.69) is 5.32 Å². The number of aliphatic carboxylic acids is 2. The monoisotopic (exact) mass is 289 g/mol. The van der Waals surface area contributed by atoms with E-state index in [1.165, 1.54) is 4.90 Å². The Hall–Kier alpha value is -1.83. The third-order valence-electron chi connectivity index (χ3n) is 2.74. The average Bonchev–Trinajstić information content (AvgIpc) is 2.26. The zero-order chi connectivity index (χ0) is 15.9. The summed E-state index contributed by atoms with van der Waals surface area (Å²) in [4.78, 5) is 36.9. The van der Waals surface area contributed by atoms with Gasteiger partial charge in [0.25, 0.3) is 0 Å². The molecule has 0 aromatic carbocycles. The van der Waals surface area contributed by atoms with E-state index in [1.807, 2.05) is 25.9 Å². The van der Waals surface area contributed by atoms with Crippen molar-refractivity contribution in [1.29, 1.82) is 0 Å². The zero-order valence-corrected chi connectivity index (χ0v) is 12.3. The van der Waals surface area contributed by atoms with Gasteiger partial charge in [0.1, 0.15) is 6.04 Å². The first-order chi connectivity index (χ1) is 9.18. The number of carbonyl (C=O) groups is 3. The summed E-state index contributed by atoms with van der Waals surface area (Å²) in [5, 5.41) is 19.8. The van der Waals surface area contributed by atoms with E-state index in [0.717, 1.165) is 0 Å². The Balaban J connectivity index is 4.74. The van der Waals surface area contributed by atoms with Gasteiger partial charge in [-0.15, -0.1) is 0 Å². The second-order valence-electron chi connectivity index (χ2n) is 4.84. The lowest BCUT2D eigenvalue weighted by Crippen LogP contribution is -2.53. The van der Waals surface area contributed by atoms with Gasteiger partial charge in [0.2, 0.25) is 0 Å². The van der Waals surface area contributed by atoms with Crippen molar-refractivity contribution in [3.63, 3.8) is 0 Å². The average molecular weight is 289 g/mol. The summed E-state index contributed by atoms with van der Waals surface area (Å²) in [7, 11) is 3.74. The predicted molar refractivity (Wildman–Crippen MR) is 72.6 cm³/mol. The van der Waals surface area contributed by atoms with Gasteiger partial charge in [-0.25, -0.2) is 9.59 Å². The van der Waals surface area contributed by atoms with Crippen LogP contribution >= 0.6 is 0 Å². The predicted octanol–water partition coefficient (Wildman–Crippen LogP) is -0.104. The number of carboxylic acids is 2. The number of hydrogen-bond acceptors (Lipinski definition) is 4. The van der Waals surface area contributed by atoms with Crippen LogP contribution in [0.25, 0.3) is 0 Å². The van der Waals surface area contributed by atoms with Gasteiger partial charge >= 0.3 is 18.0 Å². The maximum Gasteiger partial charge on any atom is 0.326 e. The van der Waals surface area contributed by atoms with Gasteiger partial charge in [0, 0.05) is 19.1 Å². The Morgan fingerprint density at radius 3 is 2.10 bits per heavy atom. The molecule has 0 rings (SSSR count). The summed E-state index contributed by atoms with van der Waals surface area (Å²) >= 11 is 0. The van der Waals surface area contributed by atoms with E-state index in [-0.39, 0.29) is 6.04 Å². The van der Waals surface area contributed by atoms with Crippen LogP contribution in [0.2, 0.25) is 0 Å². The van der Waals surface area contributed by atoms with E-state index in [9.17, 15) is 14.4 Å². The Morgan fingerprint density at radius 2 is 1.75 bits per heavy atom. The first-order valence-electron chi connectivity index (χ1n) is 6.35. The fraction of sp³-hybridized carbons (Fsp3) is 0.750. The number of likely N-dealkylation sites (N-methyl/N-ethyl adjacent to an activating group) is 2. The molecular weight excluding hydrogens is 266 g/mol. The van der Waals surface area contributed by atoms with Crippen molar-refractivity contribution < 1.29 is 24.6 Å². The summed E-state index contributed by atoms with van der Waals surface area (Å²) < 4.78 is 0. The Kier molecular flexibility index (Phi) is 7.60. The molecule has 20 heavy (non-hydrogen) atoms. The molecule has 0 saturated carbocycles. The number of urea groups is 1. The molecule has 0 aliphatic heterocycles. The van der Waals surface area contributed by atoms with Crippen molar-refractivity contribution >= 4 is 18.0 Å². The van der Waals surface area contributed by atoms with Crippen LogP contribution in [0.4, 0.5) is 4.79 Å². The number of carbonyl (C=O) groups excluding carboxylic acids is 1. The van der Waals surface area contributed by atoms with Gasteiger partial charge < -0.3 is 25.3 Å². The van der Waals surface area contributed by atoms with Crippen LogP contribution in [0.1, 0.15) is 20.3 Å². The summed E-state index contributed by atoms with van der Waals surface area (Å²) in [5.41, 5.74) is 0. The number of amides is 2. The molecule has 0 saturated heterocycles. The Morgan fingerprint density at radius 1 is 1.20 bits per heavy atom. The fourth-order valence-corrected chi connectivity index (χ4v) is 1.89. The summed E-state index contributed by atoms with van der Waals surface area (Å²) in [6.07, 6.45) is -0.652. The molecule has 0 radical (unpaired) electrons. The molecule has 8 nitrogen and oxygen atoms in total.